The van der Waals surface area contributed by atoms with E-state index in [0.717, 1.165) is 22.5 Å². The highest BCUT2D eigenvalue weighted by Crippen LogP contribution is 2.26. The highest BCUT2D eigenvalue weighted by atomic mass is 32.2. The fraction of sp³-hybridized carbons (Fsp3) is 0.350. The van der Waals surface area contributed by atoms with E-state index in [1.165, 1.54) is 18.9 Å². The fourth-order valence-electron chi connectivity index (χ4n) is 3.63. The van der Waals surface area contributed by atoms with Gasteiger partial charge in [-0.1, -0.05) is 36.0 Å². The topological polar surface area (TPSA) is 89.7 Å². The Labute approximate surface area is 172 Å². The predicted molar refractivity (Wildman–Crippen MR) is 107 cm³/mol. The maximum atomic E-state index is 13.0. The molecule has 8 nitrogen and oxygen atoms in total. The summed E-state index contributed by atoms with van der Waals surface area (Å²) in [7, 11) is 1.35. The van der Waals surface area contributed by atoms with Crippen molar-refractivity contribution < 1.29 is 14.3 Å². The smallest absolute Gasteiger partial charge is 0.328 e. The molecule has 0 radical (unpaired) electrons. The van der Waals surface area contributed by atoms with Crippen LogP contribution in [0.4, 0.5) is 0 Å². The normalized spacial score (nSPS) is 16.0. The lowest BCUT2D eigenvalue weighted by Crippen LogP contribution is -2.49. The average molecular weight is 411 g/mol. The standard InChI is InChI=1S/C20H21N5O3S/c1-12-8-13(2)25-19(21-12)22-23-20(25)29-11-17(26)24-10-15-7-5-4-6-14(15)9-16(24)18(27)28-3/h4-8,16H,9-11H2,1-3H3/t16-/m0/s1. The average Bonchev–Trinajstić information content (AvgIpc) is 3.13. The van der Waals surface area contributed by atoms with Crippen LogP contribution in [0.2, 0.25) is 0 Å². The van der Waals surface area contributed by atoms with Crippen molar-refractivity contribution in [2.24, 2.45) is 0 Å². The Morgan fingerprint density at radius 3 is 2.72 bits per heavy atom. The second kappa shape index (κ2) is 7.82. The molecule has 4 rings (SSSR count). The van der Waals surface area contributed by atoms with E-state index in [4.69, 9.17) is 4.74 Å². The van der Waals surface area contributed by atoms with Gasteiger partial charge in [0.05, 0.1) is 12.9 Å². The number of aryl methyl sites for hydroxylation is 2. The molecule has 1 atom stereocenters. The van der Waals surface area contributed by atoms with E-state index in [1.54, 1.807) is 4.90 Å². The number of aromatic nitrogens is 4. The first-order valence-corrected chi connectivity index (χ1v) is 10.2. The van der Waals surface area contributed by atoms with Gasteiger partial charge < -0.3 is 9.64 Å². The number of esters is 1. The minimum absolute atomic E-state index is 0.143. The van der Waals surface area contributed by atoms with Gasteiger partial charge in [-0.25, -0.2) is 9.78 Å². The minimum Gasteiger partial charge on any atom is -0.467 e. The molecule has 0 saturated carbocycles. The number of ether oxygens (including phenoxy) is 1. The number of fused-ring (bicyclic) bond motifs is 2. The molecule has 1 aromatic carbocycles. The van der Waals surface area contributed by atoms with Crippen LogP contribution in [0.3, 0.4) is 0 Å². The number of benzene rings is 1. The highest BCUT2D eigenvalue weighted by Gasteiger charge is 2.35. The third kappa shape index (κ3) is 3.69. The number of amides is 1. The van der Waals surface area contributed by atoms with Crippen molar-refractivity contribution in [3.05, 3.63) is 52.8 Å². The molecule has 3 aromatic rings. The van der Waals surface area contributed by atoms with Gasteiger partial charge in [0.2, 0.25) is 5.91 Å². The van der Waals surface area contributed by atoms with Crippen molar-refractivity contribution in [1.82, 2.24) is 24.5 Å². The van der Waals surface area contributed by atoms with E-state index >= 15 is 0 Å². The summed E-state index contributed by atoms with van der Waals surface area (Å²) in [6.45, 7) is 4.24. The molecule has 0 N–H and O–H groups in total. The second-order valence-corrected chi connectivity index (χ2v) is 7.92. The van der Waals surface area contributed by atoms with Crippen molar-refractivity contribution in [3.8, 4) is 0 Å². The van der Waals surface area contributed by atoms with Crippen LogP contribution in [0, 0.1) is 13.8 Å². The number of hydrogen-bond donors (Lipinski definition) is 0. The molecule has 1 aliphatic heterocycles. The molecule has 0 aliphatic carbocycles. The molecule has 150 valence electrons. The van der Waals surface area contributed by atoms with Gasteiger partial charge in [-0.3, -0.25) is 9.20 Å². The first-order chi connectivity index (χ1) is 14.0. The van der Waals surface area contributed by atoms with Gasteiger partial charge in [0.15, 0.2) is 5.16 Å². The summed E-state index contributed by atoms with van der Waals surface area (Å²) in [4.78, 5) is 31.3. The summed E-state index contributed by atoms with van der Waals surface area (Å²) in [5.41, 5.74) is 3.93. The molecule has 0 fully saturated rings. The lowest BCUT2D eigenvalue weighted by Gasteiger charge is -2.35. The van der Waals surface area contributed by atoms with Gasteiger partial charge in [0.25, 0.3) is 5.78 Å². The van der Waals surface area contributed by atoms with E-state index in [2.05, 4.69) is 15.2 Å². The number of carbonyl (C=O) groups excluding carboxylic acids is 2. The van der Waals surface area contributed by atoms with Gasteiger partial charge in [-0.15, -0.1) is 10.2 Å². The number of thioether (sulfide) groups is 1. The van der Waals surface area contributed by atoms with Crippen molar-refractivity contribution in [2.45, 2.75) is 38.0 Å². The van der Waals surface area contributed by atoms with Crippen molar-refractivity contribution >= 4 is 29.4 Å². The van der Waals surface area contributed by atoms with Gasteiger partial charge in [0.1, 0.15) is 6.04 Å². The van der Waals surface area contributed by atoms with Gasteiger partial charge in [0, 0.05) is 24.4 Å². The predicted octanol–water partition coefficient (Wildman–Crippen LogP) is 1.96. The quantitative estimate of drug-likeness (QED) is 0.479. The van der Waals surface area contributed by atoms with Crippen LogP contribution in [0.15, 0.2) is 35.5 Å². The SMILES string of the molecule is COC(=O)[C@@H]1Cc2ccccc2CN1C(=O)CSc1nnc2nc(C)cc(C)n12. The fourth-order valence-corrected chi connectivity index (χ4v) is 4.51. The second-order valence-electron chi connectivity index (χ2n) is 6.98. The Kier molecular flexibility index (Phi) is 5.23. The van der Waals surface area contributed by atoms with Gasteiger partial charge in [-0.05, 0) is 31.0 Å². The largest absolute Gasteiger partial charge is 0.467 e. The molecule has 0 saturated heterocycles. The molecule has 29 heavy (non-hydrogen) atoms. The summed E-state index contributed by atoms with van der Waals surface area (Å²) in [6, 6.07) is 9.17. The summed E-state index contributed by atoms with van der Waals surface area (Å²) >= 11 is 1.29. The molecule has 9 heteroatoms. The molecule has 2 aromatic heterocycles. The summed E-state index contributed by atoms with van der Waals surface area (Å²) in [6.07, 6.45) is 0.454. The molecule has 0 spiro atoms. The summed E-state index contributed by atoms with van der Waals surface area (Å²) < 4.78 is 6.77. The van der Waals surface area contributed by atoms with E-state index in [1.807, 2.05) is 48.6 Å². The number of carbonyl (C=O) groups is 2. The van der Waals surface area contributed by atoms with Gasteiger partial charge >= 0.3 is 5.97 Å². The maximum absolute atomic E-state index is 13.0. The zero-order chi connectivity index (χ0) is 20.5. The van der Waals surface area contributed by atoms with E-state index < -0.39 is 12.0 Å². The van der Waals surface area contributed by atoms with Crippen molar-refractivity contribution in [1.29, 1.82) is 0 Å². The molecular weight excluding hydrogens is 390 g/mol. The molecular formula is C20H21N5O3S. The third-order valence-electron chi connectivity index (χ3n) is 5.03. The number of rotatable bonds is 4. The zero-order valence-electron chi connectivity index (χ0n) is 16.5. The molecule has 1 amide bonds. The number of nitrogens with zero attached hydrogens (tertiary/aromatic N) is 5. The van der Waals surface area contributed by atoms with Crippen molar-refractivity contribution in [3.63, 3.8) is 0 Å². The summed E-state index contributed by atoms with van der Waals surface area (Å²) in [5, 5.41) is 8.87. The monoisotopic (exact) mass is 411 g/mol. The Balaban J connectivity index is 1.55. The Morgan fingerprint density at radius 1 is 1.21 bits per heavy atom. The van der Waals surface area contributed by atoms with Gasteiger partial charge in [-0.2, -0.15) is 0 Å². The Hall–Kier alpha value is -2.94. The molecule has 1 aliphatic rings. The first kappa shape index (κ1) is 19.4. The molecule has 0 bridgehead atoms. The molecule has 0 unspecified atom stereocenters. The van der Waals surface area contributed by atoms with E-state index in [-0.39, 0.29) is 11.7 Å². The Morgan fingerprint density at radius 2 is 1.97 bits per heavy atom. The summed E-state index contributed by atoms with van der Waals surface area (Å²) in [5.74, 6) is 0.108. The van der Waals surface area contributed by atoms with Crippen LogP contribution in [-0.4, -0.2) is 55.3 Å². The third-order valence-corrected chi connectivity index (χ3v) is 5.94. The zero-order valence-corrected chi connectivity index (χ0v) is 17.3. The van der Waals surface area contributed by atoms with Crippen molar-refractivity contribution in [2.75, 3.05) is 12.9 Å². The lowest BCUT2D eigenvalue weighted by atomic mass is 9.94. The van der Waals surface area contributed by atoms with E-state index in [9.17, 15) is 9.59 Å². The van der Waals surface area contributed by atoms with Crippen LogP contribution in [0.5, 0.6) is 0 Å². The number of methoxy groups -OCH3 is 1. The first-order valence-electron chi connectivity index (χ1n) is 9.24. The molecule has 3 heterocycles. The number of hydrogen-bond acceptors (Lipinski definition) is 7. The Bertz CT molecular complexity index is 1100. The maximum Gasteiger partial charge on any atom is 0.328 e. The van der Waals surface area contributed by atoms with Crippen LogP contribution < -0.4 is 0 Å². The lowest BCUT2D eigenvalue weighted by molar-refractivity contribution is -0.153. The van der Waals surface area contributed by atoms with Crippen LogP contribution in [-0.2, 0) is 27.3 Å². The van der Waals surface area contributed by atoms with Crippen LogP contribution >= 0.6 is 11.8 Å². The van der Waals surface area contributed by atoms with Crippen LogP contribution in [0.25, 0.3) is 5.78 Å². The van der Waals surface area contributed by atoms with Crippen LogP contribution in [0.1, 0.15) is 22.5 Å². The minimum atomic E-state index is -0.621. The van der Waals surface area contributed by atoms with E-state index in [0.29, 0.717) is 23.9 Å². The highest BCUT2D eigenvalue weighted by molar-refractivity contribution is 7.99.